The van der Waals surface area contributed by atoms with Gasteiger partial charge in [0.1, 0.15) is 0 Å². The number of nitrogens with zero attached hydrogens (tertiary/aromatic N) is 2. The molecule has 4 rings (SSSR count). The van der Waals surface area contributed by atoms with E-state index in [2.05, 4.69) is 70.5 Å². The average molecular weight is 361 g/mol. The van der Waals surface area contributed by atoms with Crippen molar-refractivity contribution in [2.45, 2.75) is 25.3 Å². The summed E-state index contributed by atoms with van der Waals surface area (Å²) < 4.78 is 0. The largest absolute Gasteiger partial charge is 0.361 e. The molecular weight excluding hydrogens is 334 g/mol. The van der Waals surface area contributed by atoms with Crippen molar-refractivity contribution in [1.29, 1.82) is 0 Å². The highest BCUT2D eigenvalue weighted by Crippen LogP contribution is 2.26. The van der Waals surface area contributed by atoms with E-state index in [0.29, 0.717) is 6.42 Å². The lowest BCUT2D eigenvalue weighted by Gasteiger charge is -2.40. The summed E-state index contributed by atoms with van der Waals surface area (Å²) in [5.41, 5.74) is 3.70. The number of carbonyl (C=O) groups excluding carboxylic acids is 1. The van der Waals surface area contributed by atoms with Gasteiger partial charge in [0.15, 0.2) is 0 Å². The van der Waals surface area contributed by atoms with E-state index in [1.54, 1.807) is 0 Å². The molecule has 1 amide bonds. The number of carbonyl (C=O) groups is 1. The summed E-state index contributed by atoms with van der Waals surface area (Å²) in [4.78, 5) is 20.7. The number of aryl methyl sites for hydroxylation is 1. The molecule has 0 bridgehead atoms. The van der Waals surface area contributed by atoms with Crippen molar-refractivity contribution >= 4 is 16.8 Å². The summed E-state index contributed by atoms with van der Waals surface area (Å²) in [6, 6.07) is 18.9. The maximum atomic E-state index is 13.0. The topological polar surface area (TPSA) is 39.3 Å². The smallest absolute Gasteiger partial charge is 0.223 e. The zero-order valence-corrected chi connectivity index (χ0v) is 15.9. The summed E-state index contributed by atoms with van der Waals surface area (Å²) in [6.07, 6.45) is 4.50. The molecule has 1 unspecified atom stereocenters. The third kappa shape index (κ3) is 3.91. The van der Waals surface area contributed by atoms with Crippen LogP contribution in [-0.2, 0) is 11.2 Å². The first-order chi connectivity index (χ1) is 13.2. The molecule has 4 nitrogen and oxygen atoms in total. The number of nitrogens with one attached hydrogen (secondary N) is 1. The van der Waals surface area contributed by atoms with Crippen LogP contribution in [0.15, 0.2) is 60.8 Å². The number of likely N-dealkylation sites (N-methyl/N-ethyl adjacent to an activating group) is 1. The highest BCUT2D eigenvalue weighted by molar-refractivity contribution is 5.83. The highest BCUT2D eigenvalue weighted by Gasteiger charge is 2.29. The van der Waals surface area contributed by atoms with Crippen LogP contribution < -0.4 is 0 Å². The molecule has 0 spiro atoms. The zero-order chi connectivity index (χ0) is 18.6. The van der Waals surface area contributed by atoms with Gasteiger partial charge in [-0.1, -0.05) is 48.5 Å². The molecule has 1 aromatic heterocycles. The molecule has 1 fully saturated rings. The predicted molar refractivity (Wildman–Crippen MR) is 110 cm³/mol. The van der Waals surface area contributed by atoms with E-state index in [9.17, 15) is 4.79 Å². The number of amides is 1. The Morgan fingerprint density at radius 2 is 1.85 bits per heavy atom. The summed E-state index contributed by atoms with van der Waals surface area (Å²) >= 11 is 0. The SMILES string of the molecule is CN1CCN(C(=O)CCCc2c[nH]c3ccccc23)C(c2ccccc2)C1. The lowest BCUT2D eigenvalue weighted by Crippen LogP contribution is -2.49. The van der Waals surface area contributed by atoms with Crippen LogP contribution in [0.4, 0.5) is 0 Å². The molecule has 1 aliphatic rings. The van der Waals surface area contributed by atoms with E-state index < -0.39 is 0 Å². The Hall–Kier alpha value is -2.59. The number of fused-ring (bicyclic) bond motifs is 1. The van der Waals surface area contributed by atoms with Gasteiger partial charge in [0.2, 0.25) is 5.91 Å². The van der Waals surface area contributed by atoms with Crippen LogP contribution in [-0.4, -0.2) is 47.4 Å². The van der Waals surface area contributed by atoms with Crippen molar-refractivity contribution in [3.8, 4) is 0 Å². The fourth-order valence-electron chi connectivity index (χ4n) is 4.09. The molecule has 1 saturated heterocycles. The van der Waals surface area contributed by atoms with Gasteiger partial charge < -0.3 is 14.8 Å². The Morgan fingerprint density at radius 3 is 2.70 bits per heavy atom. The fraction of sp³-hybridized carbons (Fsp3) is 0.348. The van der Waals surface area contributed by atoms with Crippen LogP contribution in [0.2, 0.25) is 0 Å². The maximum Gasteiger partial charge on any atom is 0.223 e. The Kier molecular flexibility index (Phi) is 5.26. The first kappa shape index (κ1) is 17.8. The molecule has 2 aromatic carbocycles. The van der Waals surface area contributed by atoms with Gasteiger partial charge >= 0.3 is 0 Å². The number of piperazine rings is 1. The lowest BCUT2D eigenvalue weighted by molar-refractivity contribution is -0.136. The van der Waals surface area contributed by atoms with Gasteiger partial charge in [-0.15, -0.1) is 0 Å². The fourth-order valence-corrected chi connectivity index (χ4v) is 4.09. The monoisotopic (exact) mass is 361 g/mol. The number of aromatic amines is 1. The minimum atomic E-state index is 0.158. The standard InChI is InChI=1S/C23H27N3O/c1-25-14-15-26(22(17-25)18-8-3-2-4-9-18)23(27)13-7-10-19-16-24-21-12-6-5-11-20(19)21/h2-6,8-9,11-12,16,22,24H,7,10,13-15,17H2,1H3. The van der Waals surface area contributed by atoms with E-state index >= 15 is 0 Å². The molecule has 140 valence electrons. The molecule has 4 heteroatoms. The minimum Gasteiger partial charge on any atom is -0.361 e. The molecule has 2 heterocycles. The lowest BCUT2D eigenvalue weighted by atomic mass is 10.0. The van der Waals surface area contributed by atoms with Crippen molar-refractivity contribution in [3.05, 3.63) is 71.9 Å². The third-order valence-electron chi connectivity index (χ3n) is 5.60. The second-order valence-corrected chi connectivity index (χ2v) is 7.49. The maximum absolute atomic E-state index is 13.0. The molecule has 1 atom stereocenters. The number of hydrogen-bond acceptors (Lipinski definition) is 2. The molecular formula is C23H27N3O. The first-order valence-corrected chi connectivity index (χ1v) is 9.80. The molecule has 3 aromatic rings. The predicted octanol–water partition coefficient (Wildman–Crippen LogP) is 4.01. The molecule has 1 aliphatic heterocycles. The van der Waals surface area contributed by atoms with E-state index in [0.717, 1.165) is 32.5 Å². The summed E-state index contributed by atoms with van der Waals surface area (Å²) in [5, 5.41) is 1.27. The van der Waals surface area contributed by atoms with Crippen LogP contribution in [0.25, 0.3) is 10.9 Å². The Morgan fingerprint density at radius 1 is 1.07 bits per heavy atom. The Bertz CT molecular complexity index is 902. The quantitative estimate of drug-likeness (QED) is 0.746. The summed E-state index contributed by atoms with van der Waals surface area (Å²) in [6.45, 7) is 2.65. The molecule has 27 heavy (non-hydrogen) atoms. The average Bonchev–Trinajstić information content (AvgIpc) is 3.12. The molecule has 0 aliphatic carbocycles. The van der Waals surface area contributed by atoms with E-state index in [-0.39, 0.29) is 11.9 Å². The second kappa shape index (κ2) is 7.97. The van der Waals surface area contributed by atoms with E-state index in [1.165, 1.54) is 22.0 Å². The van der Waals surface area contributed by atoms with Gasteiger partial charge in [-0.25, -0.2) is 0 Å². The number of H-pyrrole nitrogens is 1. The van der Waals surface area contributed by atoms with Crippen molar-refractivity contribution in [1.82, 2.24) is 14.8 Å². The van der Waals surface area contributed by atoms with E-state index in [4.69, 9.17) is 0 Å². The van der Waals surface area contributed by atoms with Crippen LogP contribution >= 0.6 is 0 Å². The van der Waals surface area contributed by atoms with Gasteiger partial charge in [0, 0.05) is 43.2 Å². The summed E-state index contributed by atoms with van der Waals surface area (Å²) in [5.74, 6) is 0.275. The van der Waals surface area contributed by atoms with Gasteiger partial charge in [0.25, 0.3) is 0 Å². The van der Waals surface area contributed by atoms with Crippen LogP contribution in [0.3, 0.4) is 0 Å². The number of rotatable bonds is 5. The minimum absolute atomic E-state index is 0.158. The van der Waals surface area contributed by atoms with Crippen LogP contribution in [0.1, 0.15) is 30.0 Å². The Balaban J connectivity index is 1.40. The van der Waals surface area contributed by atoms with Gasteiger partial charge in [-0.2, -0.15) is 0 Å². The van der Waals surface area contributed by atoms with Crippen molar-refractivity contribution < 1.29 is 4.79 Å². The summed E-state index contributed by atoms with van der Waals surface area (Å²) in [7, 11) is 2.13. The number of hydrogen-bond donors (Lipinski definition) is 1. The third-order valence-corrected chi connectivity index (χ3v) is 5.60. The number of aromatic nitrogens is 1. The highest BCUT2D eigenvalue weighted by atomic mass is 16.2. The first-order valence-electron chi connectivity index (χ1n) is 9.80. The Labute approximate surface area is 160 Å². The van der Waals surface area contributed by atoms with E-state index in [1.807, 2.05) is 12.1 Å². The molecule has 0 radical (unpaired) electrons. The van der Waals surface area contributed by atoms with Crippen molar-refractivity contribution in [2.24, 2.45) is 0 Å². The molecule has 0 saturated carbocycles. The van der Waals surface area contributed by atoms with Crippen LogP contribution in [0, 0.1) is 0 Å². The zero-order valence-electron chi connectivity index (χ0n) is 15.9. The molecule has 1 N–H and O–H groups in total. The number of benzene rings is 2. The second-order valence-electron chi connectivity index (χ2n) is 7.49. The number of para-hydroxylation sites is 1. The van der Waals surface area contributed by atoms with Crippen molar-refractivity contribution in [3.63, 3.8) is 0 Å². The van der Waals surface area contributed by atoms with Crippen molar-refractivity contribution in [2.75, 3.05) is 26.7 Å². The normalized spacial score (nSPS) is 18.1. The van der Waals surface area contributed by atoms with Gasteiger partial charge in [-0.05, 0) is 37.1 Å². The van der Waals surface area contributed by atoms with Gasteiger partial charge in [-0.3, -0.25) is 4.79 Å². The van der Waals surface area contributed by atoms with Crippen LogP contribution in [0.5, 0.6) is 0 Å². The van der Waals surface area contributed by atoms with Gasteiger partial charge in [0.05, 0.1) is 6.04 Å².